The van der Waals surface area contributed by atoms with Crippen LogP contribution < -0.4 is 4.72 Å². The fraction of sp³-hybridized carbons (Fsp3) is 0.278. The van der Waals surface area contributed by atoms with Gasteiger partial charge < -0.3 is 0 Å². The fourth-order valence-electron chi connectivity index (χ4n) is 2.55. The maximum absolute atomic E-state index is 12.4. The van der Waals surface area contributed by atoms with E-state index in [0.29, 0.717) is 4.90 Å². The predicted octanol–water partition coefficient (Wildman–Crippen LogP) is 2.38. The molecule has 1 heterocycles. The molecule has 118 valence electrons. The molecule has 2 aromatic carbocycles. The first-order valence-electron chi connectivity index (χ1n) is 7.59. The Morgan fingerprint density at radius 2 is 1.96 bits per heavy atom. The normalized spacial score (nSPS) is 22.1. The molecule has 5 heteroatoms. The van der Waals surface area contributed by atoms with Crippen LogP contribution in [-0.2, 0) is 17.5 Å². The second kappa shape index (κ2) is 7.05. The zero-order valence-electron chi connectivity index (χ0n) is 13.0. The van der Waals surface area contributed by atoms with E-state index in [9.17, 15) is 9.47 Å². The van der Waals surface area contributed by atoms with E-state index in [0.717, 1.165) is 18.7 Å². The smallest absolute Gasteiger partial charge is 0.126 e. The van der Waals surface area contributed by atoms with E-state index in [1.807, 2.05) is 49.4 Å². The average molecular weight is 325 g/mol. The Balaban J connectivity index is 1.58. The molecule has 0 amide bonds. The van der Waals surface area contributed by atoms with Crippen LogP contribution in [0.1, 0.15) is 11.1 Å². The molecule has 1 N–H and O–H groups in total. The molecule has 1 saturated heterocycles. The standard InChI is InChI=1S/C18H19N3OS/c1-14-7-9-16(10-8-14)23(22)20-17(11-19)18-13-21(18)12-15-5-3-2-4-6-15/h2-10,17-18,20H,12-13H2,1H3/t17-,18+,21?,23-/m0/s1. The van der Waals surface area contributed by atoms with Gasteiger partial charge in [-0.1, -0.05) is 48.0 Å². The van der Waals surface area contributed by atoms with Gasteiger partial charge in [-0.25, -0.2) is 8.93 Å². The third-order valence-electron chi connectivity index (χ3n) is 3.98. The summed E-state index contributed by atoms with van der Waals surface area (Å²) in [5.74, 6) is 0. The van der Waals surface area contributed by atoms with Gasteiger partial charge >= 0.3 is 0 Å². The van der Waals surface area contributed by atoms with E-state index in [4.69, 9.17) is 0 Å². The quantitative estimate of drug-likeness (QED) is 0.830. The van der Waals surface area contributed by atoms with Gasteiger partial charge in [-0.3, -0.25) is 4.90 Å². The summed E-state index contributed by atoms with van der Waals surface area (Å²) in [5.41, 5.74) is 2.35. The zero-order valence-corrected chi connectivity index (χ0v) is 13.8. The van der Waals surface area contributed by atoms with Crippen LogP contribution in [0.4, 0.5) is 0 Å². The van der Waals surface area contributed by atoms with Gasteiger partial charge in [0.15, 0.2) is 0 Å². The van der Waals surface area contributed by atoms with Gasteiger partial charge in [-0.05, 0) is 24.6 Å². The predicted molar refractivity (Wildman–Crippen MR) is 90.8 cm³/mol. The Kier molecular flexibility index (Phi) is 4.87. The van der Waals surface area contributed by atoms with Gasteiger partial charge in [0.1, 0.15) is 17.0 Å². The number of rotatable bonds is 6. The number of hydrogen-bond donors (Lipinski definition) is 1. The summed E-state index contributed by atoms with van der Waals surface area (Å²) in [6.45, 7) is 3.66. The number of nitrogens with one attached hydrogen (secondary N) is 1. The highest BCUT2D eigenvalue weighted by Crippen LogP contribution is 2.24. The van der Waals surface area contributed by atoms with E-state index in [2.05, 4.69) is 27.8 Å². The topological polar surface area (TPSA) is 55.9 Å². The van der Waals surface area contributed by atoms with Crippen LogP contribution in [-0.4, -0.2) is 27.7 Å². The van der Waals surface area contributed by atoms with Gasteiger partial charge in [0.25, 0.3) is 0 Å². The summed E-state index contributed by atoms with van der Waals surface area (Å²) in [7, 11) is -1.36. The van der Waals surface area contributed by atoms with Crippen LogP contribution in [0.2, 0.25) is 0 Å². The zero-order chi connectivity index (χ0) is 16.2. The number of nitriles is 1. The SMILES string of the molecule is Cc1ccc([S@](=O)N[C@@H](C#N)[C@H]2CN2Cc2ccccc2)cc1. The van der Waals surface area contributed by atoms with Gasteiger partial charge in [-0.15, -0.1) is 0 Å². The minimum absolute atomic E-state index is 0.120. The molecule has 1 unspecified atom stereocenters. The van der Waals surface area contributed by atoms with Crippen molar-refractivity contribution in [1.82, 2.24) is 9.62 Å². The molecule has 0 bridgehead atoms. The summed E-state index contributed by atoms with van der Waals surface area (Å²) < 4.78 is 15.3. The van der Waals surface area contributed by atoms with Gasteiger partial charge in [0, 0.05) is 13.1 Å². The molecule has 0 spiro atoms. The Morgan fingerprint density at radius 1 is 1.26 bits per heavy atom. The van der Waals surface area contributed by atoms with E-state index >= 15 is 0 Å². The van der Waals surface area contributed by atoms with Crippen LogP contribution >= 0.6 is 0 Å². The van der Waals surface area contributed by atoms with E-state index < -0.39 is 17.0 Å². The highest BCUT2D eigenvalue weighted by molar-refractivity contribution is 7.83. The molecule has 4 atom stereocenters. The average Bonchev–Trinajstić information content (AvgIpc) is 3.33. The third kappa shape index (κ3) is 4.05. The van der Waals surface area contributed by atoms with Crippen molar-refractivity contribution in [3.05, 3.63) is 65.7 Å². The Hall–Kier alpha value is -2.00. The molecule has 1 aliphatic heterocycles. The maximum atomic E-state index is 12.4. The van der Waals surface area contributed by atoms with Crippen molar-refractivity contribution in [1.29, 1.82) is 5.26 Å². The molecule has 3 rings (SSSR count). The highest BCUT2D eigenvalue weighted by atomic mass is 32.2. The molecule has 0 aromatic heterocycles. The molecule has 1 aliphatic rings. The van der Waals surface area contributed by atoms with Crippen molar-refractivity contribution in [2.45, 2.75) is 30.4 Å². The molecule has 0 aliphatic carbocycles. The third-order valence-corrected chi connectivity index (χ3v) is 5.15. The highest BCUT2D eigenvalue weighted by Gasteiger charge is 2.41. The fourth-order valence-corrected chi connectivity index (χ4v) is 3.51. The summed E-state index contributed by atoms with van der Waals surface area (Å²) in [6.07, 6.45) is 0. The molecule has 1 fully saturated rings. The minimum Gasteiger partial charge on any atom is -0.291 e. The molecule has 23 heavy (non-hydrogen) atoms. The van der Waals surface area contributed by atoms with E-state index in [1.165, 1.54) is 5.56 Å². The molecule has 0 radical (unpaired) electrons. The van der Waals surface area contributed by atoms with Gasteiger partial charge in [0.2, 0.25) is 0 Å². The van der Waals surface area contributed by atoms with E-state index in [1.54, 1.807) is 0 Å². The Labute approximate surface area is 139 Å². The first kappa shape index (κ1) is 15.9. The summed E-state index contributed by atoms with van der Waals surface area (Å²) in [6, 6.07) is 19.6. The summed E-state index contributed by atoms with van der Waals surface area (Å²) in [5, 5.41) is 9.39. The van der Waals surface area contributed by atoms with Crippen LogP contribution in [0.15, 0.2) is 59.5 Å². The number of hydrogen-bond acceptors (Lipinski definition) is 3. The van der Waals surface area contributed by atoms with Crippen LogP contribution in [0, 0.1) is 18.3 Å². The van der Waals surface area contributed by atoms with Crippen LogP contribution in [0.3, 0.4) is 0 Å². The lowest BCUT2D eigenvalue weighted by molar-refractivity contribution is 0.476. The lowest BCUT2D eigenvalue weighted by Gasteiger charge is -2.11. The first-order chi connectivity index (χ1) is 11.2. The van der Waals surface area contributed by atoms with Crippen molar-refractivity contribution in [3.8, 4) is 6.07 Å². The Bertz CT molecular complexity index is 724. The maximum Gasteiger partial charge on any atom is 0.126 e. The van der Waals surface area contributed by atoms with Crippen molar-refractivity contribution in [3.63, 3.8) is 0 Å². The first-order valence-corrected chi connectivity index (χ1v) is 8.74. The Morgan fingerprint density at radius 3 is 2.61 bits per heavy atom. The molecular formula is C18H19N3OS. The van der Waals surface area contributed by atoms with Crippen molar-refractivity contribution in [2.75, 3.05) is 6.54 Å². The van der Waals surface area contributed by atoms with Crippen molar-refractivity contribution < 1.29 is 4.21 Å². The summed E-state index contributed by atoms with van der Waals surface area (Å²) >= 11 is 0. The number of aryl methyl sites for hydroxylation is 1. The van der Waals surface area contributed by atoms with Crippen molar-refractivity contribution >= 4 is 11.0 Å². The van der Waals surface area contributed by atoms with Crippen LogP contribution in [0.25, 0.3) is 0 Å². The molecule has 0 saturated carbocycles. The van der Waals surface area contributed by atoms with E-state index in [-0.39, 0.29) is 6.04 Å². The van der Waals surface area contributed by atoms with Gasteiger partial charge in [-0.2, -0.15) is 5.26 Å². The molecule has 2 aromatic rings. The lowest BCUT2D eigenvalue weighted by Crippen LogP contribution is -2.35. The minimum atomic E-state index is -1.36. The molecular weight excluding hydrogens is 306 g/mol. The second-order valence-corrected chi connectivity index (χ2v) is 7.03. The monoisotopic (exact) mass is 325 g/mol. The number of nitrogens with zero attached hydrogens (tertiary/aromatic N) is 2. The van der Waals surface area contributed by atoms with Gasteiger partial charge in [0.05, 0.1) is 17.0 Å². The summed E-state index contributed by atoms with van der Waals surface area (Å²) in [4.78, 5) is 2.91. The number of benzene rings is 2. The van der Waals surface area contributed by atoms with Crippen LogP contribution in [0.5, 0.6) is 0 Å². The van der Waals surface area contributed by atoms with Crippen molar-refractivity contribution in [2.24, 2.45) is 0 Å². The second-order valence-electron chi connectivity index (χ2n) is 5.79. The largest absolute Gasteiger partial charge is 0.291 e. The molecule has 4 nitrogen and oxygen atoms in total. The lowest BCUT2D eigenvalue weighted by atomic mass is 10.2.